The summed E-state index contributed by atoms with van der Waals surface area (Å²) in [4.78, 5) is 57.3. The number of carbonyl (C=O) groups excluding carboxylic acids is 4. The normalized spacial score (nSPS) is 27.2. The Morgan fingerprint density at radius 1 is 0.376 bits per heavy atom. The maximum atomic E-state index is 14.9. The van der Waals surface area contributed by atoms with Crippen LogP contribution in [0, 0.1) is 0 Å². The van der Waals surface area contributed by atoms with Crippen molar-refractivity contribution in [1.82, 2.24) is 0 Å². The third kappa shape index (κ3) is 17.4. The van der Waals surface area contributed by atoms with Gasteiger partial charge in [-0.25, -0.2) is 19.2 Å². The van der Waals surface area contributed by atoms with Gasteiger partial charge in [0.25, 0.3) is 0 Å². The Kier molecular flexibility index (Phi) is 23.0. The molecular formula is C73H76O20. The van der Waals surface area contributed by atoms with Gasteiger partial charge in [-0.2, -0.15) is 0 Å². The Hall–Kier alpha value is -8.06. The number of carbonyl (C=O) groups is 4. The minimum atomic E-state index is -1.71. The summed E-state index contributed by atoms with van der Waals surface area (Å²) in [7, 11) is 1.50. The van der Waals surface area contributed by atoms with Gasteiger partial charge in [0.2, 0.25) is 0 Å². The molecule has 11 rings (SSSR count). The van der Waals surface area contributed by atoms with Crippen molar-refractivity contribution in [2.24, 2.45) is 0 Å². The number of methoxy groups -OCH3 is 1. The summed E-state index contributed by atoms with van der Waals surface area (Å²) in [5.41, 5.74) is 3.40. The Bertz CT molecular complexity index is 3440. The molecular weight excluding hydrogens is 1200 g/mol. The van der Waals surface area contributed by atoms with Crippen LogP contribution in [-0.4, -0.2) is 155 Å². The zero-order valence-corrected chi connectivity index (χ0v) is 52.0. The van der Waals surface area contributed by atoms with Crippen LogP contribution >= 0.6 is 0 Å². The number of rotatable bonds is 27. The van der Waals surface area contributed by atoms with E-state index in [9.17, 15) is 19.2 Å². The molecule has 4 heterocycles. The highest BCUT2D eigenvalue weighted by molar-refractivity contribution is 5.91. The molecule has 7 aromatic rings. The highest BCUT2D eigenvalue weighted by Crippen LogP contribution is 2.43. The second-order valence-electron chi connectivity index (χ2n) is 23.1. The number of hydrogen-bond donors (Lipinski definition) is 0. The first kappa shape index (κ1) is 66.4. The summed E-state index contributed by atoms with van der Waals surface area (Å²) in [5, 5.41) is 0. The molecule has 0 unspecified atom stereocenters. The van der Waals surface area contributed by atoms with Crippen molar-refractivity contribution in [2.45, 2.75) is 138 Å². The van der Waals surface area contributed by atoms with E-state index in [2.05, 4.69) is 0 Å². The van der Waals surface area contributed by atoms with E-state index in [-0.39, 0.29) is 55.3 Å². The van der Waals surface area contributed by atoms with E-state index in [1.807, 2.05) is 97.9 Å². The molecule has 20 heteroatoms. The van der Waals surface area contributed by atoms with E-state index in [1.54, 1.807) is 135 Å². The molecule has 0 spiro atoms. The number of benzene rings is 7. The molecule has 0 saturated carbocycles. The third-order valence-corrected chi connectivity index (χ3v) is 16.0. The zero-order chi connectivity index (χ0) is 64.5. The minimum Gasteiger partial charge on any atom is -0.459 e. The summed E-state index contributed by atoms with van der Waals surface area (Å²) in [6.45, 7) is 4.51. The quantitative estimate of drug-likeness (QED) is 0.0266. The standard InChI is InChI=1S/C73H76O20/c1-47-57(80-42-48-26-12-5-13-27-48)60(81-43-49-28-14-6-15-29-49)63(82-44-50-30-16-7-17-31-50)71(85-47)91-61-58(55(45-83-66(74)51-32-18-8-19-33-51)86-70(79-41-40-78-4)64(61)88-68(76)53-36-22-10-23-37-53)90-72-65(89-69(77)54-38-24-11-25-39-54)62-59(92-73(2,3)93-62)56(87-72)46-84-67(75)52-34-20-9-21-35-52/h5-39,47,55-65,70-72H,40-46H2,1-4H3/t47-,55+,56+,57+,58+,59-,60+,61-,62-,63-,64+,65+,70+,71-,72-/m0/s1. The van der Waals surface area contributed by atoms with Gasteiger partial charge in [0.1, 0.15) is 68.1 Å². The largest absolute Gasteiger partial charge is 0.459 e. The topological polar surface area (TPSA) is 216 Å². The Morgan fingerprint density at radius 2 is 0.763 bits per heavy atom. The smallest absolute Gasteiger partial charge is 0.338 e. The van der Waals surface area contributed by atoms with Gasteiger partial charge in [-0.3, -0.25) is 0 Å². The summed E-state index contributed by atoms with van der Waals surface area (Å²) >= 11 is 0. The van der Waals surface area contributed by atoms with E-state index in [0.29, 0.717) is 0 Å². The van der Waals surface area contributed by atoms with Gasteiger partial charge in [-0.05, 0) is 86.0 Å². The molecule has 0 bridgehead atoms. The Labute approximate surface area is 540 Å². The molecule has 4 aliphatic rings. The van der Waals surface area contributed by atoms with Gasteiger partial charge in [0.05, 0.1) is 61.4 Å². The molecule has 4 fully saturated rings. The highest BCUT2D eigenvalue weighted by atomic mass is 16.8. The van der Waals surface area contributed by atoms with Crippen molar-refractivity contribution in [3.05, 3.63) is 251 Å². The van der Waals surface area contributed by atoms with Gasteiger partial charge < -0.3 is 75.8 Å². The zero-order valence-electron chi connectivity index (χ0n) is 52.0. The molecule has 0 N–H and O–H groups in total. The molecule has 4 saturated heterocycles. The lowest BCUT2D eigenvalue weighted by atomic mass is 9.95. The molecule has 4 aliphatic heterocycles. The predicted molar refractivity (Wildman–Crippen MR) is 333 cm³/mol. The van der Waals surface area contributed by atoms with Crippen molar-refractivity contribution in [3.8, 4) is 0 Å². The lowest BCUT2D eigenvalue weighted by Gasteiger charge is -2.51. The van der Waals surface area contributed by atoms with E-state index < -0.39 is 135 Å². The average molecular weight is 1270 g/mol. The van der Waals surface area contributed by atoms with E-state index in [1.165, 1.54) is 7.11 Å². The van der Waals surface area contributed by atoms with Crippen molar-refractivity contribution >= 4 is 23.9 Å². The SMILES string of the molecule is COCCO[C@@H]1O[C@H](COC(=O)c2ccccc2)[C@@H](O[C@@H]2O[C@H](COC(=O)c3ccccc3)[C@@H]3OC(C)(C)O[C@@H]3[C@H]2OC(=O)c2ccccc2)[C@H](O[C@@H]2O[C@@H](C)[C@@H](OCc3ccccc3)[C@@H](OCc3ccccc3)[C@@H]2OCc2ccccc2)[C@H]1OC(=O)c1ccccc1. The number of fused-ring (bicyclic) bond motifs is 1. The molecule has 7 aromatic carbocycles. The first-order valence-electron chi connectivity index (χ1n) is 31.0. The molecule has 0 aromatic heterocycles. The first-order valence-corrected chi connectivity index (χ1v) is 31.0. The summed E-state index contributed by atoms with van der Waals surface area (Å²) in [6, 6.07) is 62.2. The van der Waals surface area contributed by atoms with Crippen molar-refractivity contribution in [3.63, 3.8) is 0 Å². The van der Waals surface area contributed by atoms with E-state index in [0.717, 1.165) is 16.7 Å². The molecule has 0 radical (unpaired) electrons. The highest BCUT2D eigenvalue weighted by Gasteiger charge is 2.61. The lowest BCUT2D eigenvalue weighted by molar-refractivity contribution is -0.387. The van der Waals surface area contributed by atoms with Crippen LogP contribution in [0.15, 0.2) is 212 Å². The third-order valence-electron chi connectivity index (χ3n) is 16.0. The summed E-state index contributed by atoms with van der Waals surface area (Å²) < 4.78 is 107. The van der Waals surface area contributed by atoms with Crippen LogP contribution < -0.4 is 0 Å². The van der Waals surface area contributed by atoms with Gasteiger partial charge in [-0.1, -0.05) is 164 Å². The van der Waals surface area contributed by atoms with E-state index in [4.69, 9.17) is 75.8 Å². The molecule has 488 valence electrons. The monoisotopic (exact) mass is 1270 g/mol. The first-order chi connectivity index (χ1) is 45.4. The molecule has 15 atom stereocenters. The second kappa shape index (κ2) is 32.2. The fourth-order valence-electron chi connectivity index (χ4n) is 11.5. The number of ether oxygens (including phenoxy) is 16. The van der Waals surface area contributed by atoms with Crippen molar-refractivity contribution in [1.29, 1.82) is 0 Å². The van der Waals surface area contributed by atoms with E-state index >= 15 is 0 Å². The maximum Gasteiger partial charge on any atom is 0.338 e. The van der Waals surface area contributed by atoms with Crippen LogP contribution in [-0.2, 0) is 95.6 Å². The summed E-state index contributed by atoms with van der Waals surface area (Å²) in [6.07, 6.45) is -19.6. The Balaban J connectivity index is 1.05. The number of hydrogen-bond acceptors (Lipinski definition) is 20. The van der Waals surface area contributed by atoms with Crippen LogP contribution in [0.3, 0.4) is 0 Å². The van der Waals surface area contributed by atoms with Gasteiger partial charge in [0, 0.05) is 7.11 Å². The lowest BCUT2D eigenvalue weighted by Crippen LogP contribution is -2.68. The van der Waals surface area contributed by atoms with Crippen LogP contribution in [0.5, 0.6) is 0 Å². The molecule has 0 aliphatic carbocycles. The van der Waals surface area contributed by atoms with Crippen LogP contribution in [0.1, 0.15) is 78.9 Å². The molecule has 20 nitrogen and oxygen atoms in total. The van der Waals surface area contributed by atoms with Crippen LogP contribution in [0.4, 0.5) is 0 Å². The van der Waals surface area contributed by atoms with Crippen molar-refractivity contribution in [2.75, 3.05) is 33.5 Å². The van der Waals surface area contributed by atoms with Crippen molar-refractivity contribution < 1.29 is 95.0 Å². The minimum absolute atomic E-state index is 0.0300. The van der Waals surface area contributed by atoms with Crippen LogP contribution in [0.2, 0.25) is 0 Å². The van der Waals surface area contributed by atoms with Gasteiger partial charge in [-0.15, -0.1) is 0 Å². The predicted octanol–water partition coefficient (Wildman–Crippen LogP) is 10.1. The molecule has 93 heavy (non-hydrogen) atoms. The van der Waals surface area contributed by atoms with Gasteiger partial charge in [0.15, 0.2) is 36.9 Å². The fraction of sp³-hybridized carbons (Fsp3) is 0.370. The summed E-state index contributed by atoms with van der Waals surface area (Å²) in [5.74, 6) is -4.31. The fourth-order valence-corrected chi connectivity index (χ4v) is 11.5. The Morgan fingerprint density at radius 3 is 1.25 bits per heavy atom. The van der Waals surface area contributed by atoms with Crippen LogP contribution in [0.25, 0.3) is 0 Å². The number of esters is 4. The second-order valence-corrected chi connectivity index (χ2v) is 23.1. The average Bonchev–Trinajstić information content (AvgIpc) is 1.74. The maximum absolute atomic E-state index is 14.9. The van der Waals surface area contributed by atoms with Gasteiger partial charge >= 0.3 is 23.9 Å². The molecule has 0 amide bonds.